The number of anilines is 1. The van der Waals surface area contributed by atoms with Gasteiger partial charge >= 0.3 is 0 Å². The van der Waals surface area contributed by atoms with E-state index in [1.807, 2.05) is 26.0 Å². The van der Waals surface area contributed by atoms with Gasteiger partial charge in [0, 0.05) is 25.4 Å². The second-order valence-electron chi connectivity index (χ2n) is 4.02. The smallest absolute Gasteiger partial charge is 0.159 e. The second-order valence-corrected chi connectivity index (χ2v) is 4.02. The molecule has 2 aromatic heterocycles. The minimum absolute atomic E-state index is 0.638. The van der Waals surface area contributed by atoms with Crippen LogP contribution < -0.4 is 5.32 Å². The minimum atomic E-state index is 0.638. The first kappa shape index (κ1) is 12.5. The average molecular weight is 247 g/mol. The van der Waals surface area contributed by atoms with Crippen LogP contribution in [0.1, 0.15) is 11.4 Å². The Morgan fingerprint density at radius 3 is 2.78 bits per heavy atom. The van der Waals surface area contributed by atoms with Crippen LogP contribution in [-0.2, 0) is 4.74 Å². The predicted octanol–water partition coefficient (Wildman–Crippen LogP) is 1.34. The molecule has 1 N–H and O–H groups in total. The third-order valence-electron chi connectivity index (χ3n) is 2.49. The molecule has 0 bridgehead atoms. The normalized spacial score (nSPS) is 10.6. The molecule has 2 aromatic rings. The molecule has 0 aliphatic rings. The van der Waals surface area contributed by atoms with Gasteiger partial charge in [0.15, 0.2) is 5.82 Å². The summed E-state index contributed by atoms with van der Waals surface area (Å²) in [5.74, 6) is 1.53. The van der Waals surface area contributed by atoms with Crippen LogP contribution in [0.25, 0.3) is 5.82 Å². The number of aromatic nitrogens is 4. The summed E-state index contributed by atoms with van der Waals surface area (Å²) in [4.78, 5) is 8.38. The number of nitrogens with one attached hydrogen (secondary N) is 1. The zero-order valence-corrected chi connectivity index (χ0v) is 10.8. The van der Waals surface area contributed by atoms with Gasteiger partial charge in [-0.15, -0.1) is 0 Å². The number of hydrogen-bond donors (Lipinski definition) is 1. The third-order valence-corrected chi connectivity index (χ3v) is 2.49. The largest absolute Gasteiger partial charge is 0.383 e. The predicted molar refractivity (Wildman–Crippen MR) is 69.0 cm³/mol. The fourth-order valence-electron chi connectivity index (χ4n) is 1.70. The zero-order valence-electron chi connectivity index (χ0n) is 10.8. The monoisotopic (exact) mass is 247 g/mol. The standard InChI is InChI=1S/C12H17N5O/c1-9-6-10(2)17(16-9)12-7-11(14-8-15-12)13-4-5-18-3/h6-8H,4-5H2,1-3H3,(H,13,14,15). The highest BCUT2D eigenvalue weighted by atomic mass is 16.5. The van der Waals surface area contributed by atoms with Gasteiger partial charge in [-0.1, -0.05) is 0 Å². The van der Waals surface area contributed by atoms with E-state index in [9.17, 15) is 0 Å². The van der Waals surface area contributed by atoms with E-state index in [1.54, 1.807) is 11.8 Å². The SMILES string of the molecule is COCCNc1cc(-n2nc(C)cc2C)ncn1. The Balaban J connectivity index is 2.19. The van der Waals surface area contributed by atoms with E-state index in [2.05, 4.69) is 20.4 Å². The Morgan fingerprint density at radius 1 is 1.28 bits per heavy atom. The molecular formula is C12H17N5O. The highest BCUT2D eigenvalue weighted by Crippen LogP contribution is 2.11. The van der Waals surface area contributed by atoms with Crippen LogP contribution in [0.3, 0.4) is 0 Å². The highest BCUT2D eigenvalue weighted by molar-refractivity contribution is 5.40. The lowest BCUT2D eigenvalue weighted by Gasteiger charge is -2.07. The van der Waals surface area contributed by atoms with E-state index in [0.717, 1.165) is 23.0 Å². The lowest BCUT2D eigenvalue weighted by atomic mass is 10.4. The number of rotatable bonds is 5. The summed E-state index contributed by atoms with van der Waals surface area (Å²) in [5, 5.41) is 7.56. The summed E-state index contributed by atoms with van der Waals surface area (Å²) in [6.07, 6.45) is 1.53. The van der Waals surface area contributed by atoms with E-state index in [1.165, 1.54) is 6.33 Å². The molecular weight excluding hydrogens is 230 g/mol. The number of methoxy groups -OCH3 is 1. The summed E-state index contributed by atoms with van der Waals surface area (Å²) in [7, 11) is 1.67. The molecule has 18 heavy (non-hydrogen) atoms. The minimum Gasteiger partial charge on any atom is -0.383 e. The van der Waals surface area contributed by atoms with Gasteiger partial charge in [-0.3, -0.25) is 0 Å². The summed E-state index contributed by atoms with van der Waals surface area (Å²) >= 11 is 0. The van der Waals surface area contributed by atoms with Crippen molar-refractivity contribution in [2.75, 3.05) is 25.6 Å². The van der Waals surface area contributed by atoms with Crippen molar-refractivity contribution in [3.63, 3.8) is 0 Å². The topological polar surface area (TPSA) is 64.9 Å². The molecule has 0 spiro atoms. The average Bonchev–Trinajstić information content (AvgIpc) is 2.69. The van der Waals surface area contributed by atoms with Crippen molar-refractivity contribution in [2.45, 2.75) is 13.8 Å². The molecule has 0 radical (unpaired) electrons. The van der Waals surface area contributed by atoms with Crippen molar-refractivity contribution in [2.24, 2.45) is 0 Å². The third kappa shape index (κ3) is 2.84. The van der Waals surface area contributed by atoms with Crippen molar-refractivity contribution in [1.29, 1.82) is 0 Å². The number of hydrogen-bond acceptors (Lipinski definition) is 5. The Labute approximate surface area is 106 Å². The fraction of sp³-hybridized carbons (Fsp3) is 0.417. The number of ether oxygens (including phenoxy) is 1. The Morgan fingerprint density at radius 2 is 2.11 bits per heavy atom. The van der Waals surface area contributed by atoms with Crippen LogP contribution in [0, 0.1) is 13.8 Å². The fourth-order valence-corrected chi connectivity index (χ4v) is 1.70. The van der Waals surface area contributed by atoms with Gasteiger partial charge in [-0.05, 0) is 19.9 Å². The Kier molecular flexibility index (Phi) is 3.88. The molecule has 0 aromatic carbocycles. The van der Waals surface area contributed by atoms with Crippen molar-refractivity contribution < 1.29 is 4.74 Å². The maximum absolute atomic E-state index is 4.98. The van der Waals surface area contributed by atoms with Gasteiger partial charge < -0.3 is 10.1 Å². The quantitative estimate of drug-likeness (QED) is 0.808. The van der Waals surface area contributed by atoms with Crippen molar-refractivity contribution in [1.82, 2.24) is 19.7 Å². The molecule has 0 saturated carbocycles. The lowest BCUT2D eigenvalue weighted by Crippen LogP contribution is -2.10. The molecule has 2 heterocycles. The molecule has 6 heteroatoms. The van der Waals surface area contributed by atoms with Gasteiger partial charge in [0.2, 0.25) is 0 Å². The van der Waals surface area contributed by atoms with E-state index in [0.29, 0.717) is 13.2 Å². The molecule has 0 fully saturated rings. The van der Waals surface area contributed by atoms with Crippen molar-refractivity contribution in [3.05, 3.63) is 29.8 Å². The van der Waals surface area contributed by atoms with E-state index in [4.69, 9.17) is 4.74 Å². The first-order valence-corrected chi connectivity index (χ1v) is 5.79. The first-order valence-electron chi connectivity index (χ1n) is 5.79. The summed E-state index contributed by atoms with van der Waals surface area (Å²) < 4.78 is 6.78. The summed E-state index contributed by atoms with van der Waals surface area (Å²) in [6, 6.07) is 3.88. The Hall–Kier alpha value is -1.95. The van der Waals surface area contributed by atoms with Gasteiger partial charge in [0.25, 0.3) is 0 Å². The van der Waals surface area contributed by atoms with Crippen molar-refractivity contribution in [3.8, 4) is 5.82 Å². The van der Waals surface area contributed by atoms with Crippen LogP contribution in [0.15, 0.2) is 18.5 Å². The molecule has 0 saturated heterocycles. The number of aryl methyl sites for hydroxylation is 2. The van der Waals surface area contributed by atoms with Gasteiger partial charge in [0.05, 0.1) is 12.3 Å². The van der Waals surface area contributed by atoms with Crippen LogP contribution in [0.2, 0.25) is 0 Å². The summed E-state index contributed by atoms with van der Waals surface area (Å²) in [6.45, 7) is 5.31. The first-order chi connectivity index (χ1) is 8.70. The van der Waals surface area contributed by atoms with Crippen molar-refractivity contribution >= 4 is 5.82 Å². The molecule has 2 rings (SSSR count). The molecule has 0 amide bonds. The molecule has 0 aliphatic carbocycles. The highest BCUT2D eigenvalue weighted by Gasteiger charge is 2.06. The number of nitrogens with zero attached hydrogens (tertiary/aromatic N) is 4. The van der Waals surface area contributed by atoms with Gasteiger partial charge in [-0.2, -0.15) is 5.10 Å². The zero-order chi connectivity index (χ0) is 13.0. The summed E-state index contributed by atoms with van der Waals surface area (Å²) in [5.41, 5.74) is 2.02. The van der Waals surface area contributed by atoms with E-state index in [-0.39, 0.29) is 0 Å². The molecule has 0 aliphatic heterocycles. The van der Waals surface area contributed by atoms with Crippen LogP contribution in [0.4, 0.5) is 5.82 Å². The molecule has 6 nitrogen and oxygen atoms in total. The maximum Gasteiger partial charge on any atom is 0.159 e. The molecule has 0 unspecified atom stereocenters. The van der Waals surface area contributed by atoms with Crippen LogP contribution in [-0.4, -0.2) is 40.0 Å². The maximum atomic E-state index is 4.98. The molecule has 0 atom stereocenters. The van der Waals surface area contributed by atoms with Crippen LogP contribution >= 0.6 is 0 Å². The van der Waals surface area contributed by atoms with Crippen LogP contribution in [0.5, 0.6) is 0 Å². The lowest BCUT2D eigenvalue weighted by molar-refractivity contribution is 0.210. The van der Waals surface area contributed by atoms with E-state index >= 15 is 0 Å². The van der Waals surface area contributed by atoms with Gasteiger partial charge in [-0.25, -0.2) is 14.6 Å². The Bertz CT molecular complexity index is 523. The van der Waals surface area contributed by atoms with E-state index < -0.39 is 0 Å². The van der Waals surface area contributed by atoms with Gasteiger partial charge in [0.1, 0.15) is 12.1 Å². The molecule has 96 valence electrons. The second kappa shape index (κ2) is 5.59.